The summed E-state index contributed by atoms with van der Waals surface area (Å²) in [4.78, 5) is 0. The molecule has 12 heavy (non-hydrogen) atoms. The highest BCUT2D eigenvalue weighted by atomic mass is 15.4. The van der Waals surface area contributed by atoms with Gasteiger partial charge in [0, 0.05) is 6.54 Å². The Morgan fingerprint density at radius 3 is 3.00 bits per heavy atom. The summed E-state index contributed by atoms with van der Waals surface area (Å²) in [6.07, 6.45) is 0. The largest absolute Gasteiger partial charge is 0.245 e. The molecule has 3 nitrogen and oxygen atoms in total. The molecule has 0 bridgehead atoms. The van der Waals surface area contributed by atoms with Crippen LogP contribution >= 0.6 is 0 Å². The lowest BCUT2D eigenvalue weighted by molar-refractivity contribution is 0.646. The van der Waals surface area contributed by atoms with Gasteiger partial charge in [0.2, 0.25) is 0 Å². The average molecular weight is 161 g/mol. The van der Waals surface area contributed by atoms with Gasteiger partial charge < -0.3 is 0 Å². The van der Waals surface area contributed by atoms with Crippen molar-refractivity contribution in [3.63, 3.8) is 0 Å². The molecule has 1 heterocycles. The number of rotatable bonds is 1. The molecule has 0 radical (unpaired) electrons. The Hall–Kier alpha value is -1.38. The van der Waals surface area contributed by atoms with Crippen molar-refractivity contribution >= 4 is 11.0 Å². The van der Waals surface area contributed by atoms with Crippen molar-refractivity contribution in [1.82, 2.24) is 15.0 Å². The molecule has 0 spiro atoms. The van der Waals surface area contributed by atoms with Gasteiger partial charge in [0.1, 0.15) is 5.52 Å². The summed E-state index contributed by atoms with van der Waals surface area (Å²) < 4.78 is 1.90. The van der Waals surface area contributed by atoms with Crippen LogP contribution in [0.25, 0.3) is 11.0 Å². The number of aryl methyl sites for hydroxylation is 2. The Bertz CT molecular complexity index is 403. The minimum absolute atomic E-state index is 0.875. The van der Waals surface area contributed by atoms with Gasteiger partial charge in [-0.15, -0.1) is 5.10 Å². The predicted molar refractivity (Wildman–Crippen MR) is 47.9 cm³/mol. The molecule has 0 unspecified atom stereocenters. The summed E-state index contributed by atoms with van der Waals surface area (Å²) in [7, 11) is 0. The molecule has 0 aliphatic rings. The van der Waals surface area contributed by atoms with Gasteiger partial charge in [0.25, 0.3) is 0 Å². The van der Waals surface area contributed by atoms with Crippen LogP contribution in [-0.2, 0) is 6.54 Å². The van der Waals surface area contributed by atoms with Crippen molar-refractivity contribution in [3.05, 3.63) is 23.8 Å². The van der Waals surface area contributed by atoms with E-state index in [1.54, 1.807) is 0 Å². The van der Waals surface area contributed by atoms with Crippen LogP contribution in [0.1, 0.15) is 12.5 Å². The lowest BCUT2D eigenvalue weighted by Crippen LogP contribution is -1.95. The molecule has 1 aromatic carbocycles. The monoisotopic (exact) mass is 161 g/mol. The number of hydrogen-bond donors (Lipinski definition) is 0. The fourth-order valence-corrected chi connectivity index (χ4v) is 1.32. The van der Waals surface area contributed by atoms with Crippen LogP contribution in [0.5, 0.6) is 0 Å². The molecule has 2 aromatic rings. The second-order valence-corrected chi connectivity index (χ2v) is 2.90. The predicted octanol–water partition coefficient (Wildman–Crippen LogP) is 1.76. The van der Waals surface area contributed by atoms with Crippen LogP contribution in [0.2, 0.25) is 0 Å². The maximum absolute atomic E-state index is 4.06. The third-order valence-corrected chi connectivity index (χ3v) is 1.97. The van der Waals surface area contributed by atoms with E-state index in [9.17, 15) is 0 Å². The van der Waals surface area contributed by atoms with Crippen LogP contribution in [0.4, 0.5) is 0 Å². The Labute approximate surface area is 71.0 Å². The van der Waals surface area contributed by atoms with Gasteiger partial charge in [-0.3, -0.25) is 0 Å². The molecule has 0 saturated heterocycles. The zero-order valence-electron chi connectivity index (χ0n) is 7.28. The summed E-state index contributed by atoms with van der Waals surface area (Å²) in [6, 6.07) is 6.19. The summed E-state index contributed by atoms with van der Waals surface area (Å²) in [6.45, 7) is 5.00. The van der Waals surface area contributed by atoms with Gasteiger partial charge in [-0.05, 0) is 31.5 Å². The van der Waals surface area contributed by atoms with Crippen molar-refractivity contribution in [1.29, 1.82) is 0 Å². The van der Waals surface area contributed by atoms with E-state index in [4.69, 9.17) is 0 Å². The number of hydrogen-bond acceptors (Lipinski definition) is 2. The Balaban J connectivity index is 2.73. The highest BCUT2D eigenvalue weighted by molar-refractivity contribution is 5.74. The Morgan fingerprint density at radius 2 is 2.25 bits per heavy atom. The van der Waals surface area contributed by atoms with Gasteiger partial charge in [-0.25, -0.2) is 4.68 Å². The molecule has 1 aromatic heterocycles. The highest BCUT2D eigenvalue weighted by Gasteiger charge is 2.00. The van der Waals surface area contributed by atoms with E-state index in [0.717, 1.165) is 17.6 Å². The molecule has 0 atom stereocenters. The summed E-state index contributed by atoms with van der Waals surface area (Å²) in [5.41, 5.74) is 3.32. The van der Waals surface area contributed by atoms with Crippen LogP contribution in [0.15, 0.2) is 18.2 Å². The highest BCUT2D eigenvalue weighted by Crippen LogP contribution is 2.12. The first-order valence-electron chi connectivity index (χ1n) is 4.11. The van der Waals surface area contributed by atoms with E-state index in [1.807, 2.05) is 4.68 Å². The maximum Gasteiger partial charge on any atom is 0.113 e. The minimum Gasteiger partial charge on any atom is -0.245 e. The summed E-state index contributed by atoms with van der Waals surface area (Å²) >= 11 is 0. The van der Waals surface area contributed by atoms with Gasteiger partial charge in [-0.1, -0.05) is 11.3 Å². The molecule has 2 rings (SSSR count). The molecular formula is C9H11N3. The minimum atomic E-state index is 0.875. The van der Waals surface area contributed by atoms with Crippen molar-refractivity contribution < 1.29 is 0 Å². The van der Waals surface area contributed by atoms with E-state index < -0.39 is 0 Å². The molecular weight excluding hydrogens is 150 g/mol. The number of nitrogens with zero attached hydrogens (tertiary/aromatic N) is 3. The SMILES string of the molecule is CCn1nnc2cc(C)ccc21. The van der Waals surface area contributed by atoms with Gasteiger partial charge in [0.15, 0.2) is 0 Å². The molecule has 62 valence electrons. The van der Waals surface area contributed by atoms with Crippen molar-refractivity contribution in [2.24, 2.45) is 0 Å². The topological polar surface area (TPSA) is 30.7 Å². The summed E-state index contributed by atoms with van der Waals surface area (Å²) in [5.74, 6) is 0. The van der Waals surface area contributed by atoms with Crippen molar-refractivity contribution in [3.8, 4) is 0 Å². The van der Waals surface area contributed by atoms with Crippen LogP contribution in [0, 0.1) is 6.92 Å². The smallest absolute Gasteiger partial charge is 0.113 e. The zero-order chi connectivity index (χ0) is 8.55. The fourth-order valence-electron chi connectivity index (χ4n) is 1.32. The first-order valence-corrected chi connectivity index (χ1v) is 4.11. The zero-order valence-corrected chi connectivity index (χ0v) is 7.28. The van der Waals surface area contributed by atoms with E-state index in [0.29, 0.717) is 0 Å². The number of benzene rings is 1. The van der Waals surface area contributed by atoms with Gasteiger partial charge in [-0.2, -0.15) is 0 Å². The average Bonchev–Trinajstić information content (AvgIpc) is 2.46. The molecule has 0 N–H and O–H groups in total. The van der Waals surface area contributed by atoms with Crippen LogP contribution < -0.4 is 0 Å². The summed E-state index contributed by atoms with van der Waals surface area (Å²) in [5, 5.41) is 8.08. The first-order chi connectivity index (χ1) is 5.81. The number of aromatic nitrogens is 3. The molecule has 0 saturated carbocycles. The van der Waals surface area contributed by atoms with E-state index in [1.165, 1.54) is 5.56 Å². The van der Waals surface area contributed by atoms with E-state index >= 15 is 0 Å². The standard InChI is InChI=1S/C9H11N3/c1-3-12-9-5-4-7(2)6-8(9)10-11-12/h4-6H,3H2,1-2H3. The first kappa shape index (κ1) is 7.28. The lowest BCUT2D eigenvalue weighted by atomic mass is 10.2. The second kappa shape index (κ2) is 2.59. The van der Waals surface area contributed by atoms with E-state index in [2.05, 4.69) is 42.4 Å². The normalized spacial score (nSPS) is 10.8. The van der Waals surface area contributed by atoms with Crippen molar-refractivity contribution in [2.45, 2.75) is 20.4 Å². The number of fused-ring (bicyclic) bond motifs is 1. The van der Waals surface area contributed by atoms with Crippen LogP contribution in [0.3, 0.4) is 0 Å². The van der Waals surface area contributed by atoms with Crippen LogP contribution in [-0.4, -0.2) is 15.0 Å². The molecule has 0 fully saturated rings. The maximum atomic E-state index is 4.06. The molecule has 0 amide bonds. The van der Waals surface area contributed by atoms with Gasteiger partial charge in [0.05, 0.1) is 5.52 Å². The quantitative estimate of drug-likeness (QED) is 0.638. The van der Waals surface area contributed by atoms with E-state index in [-0.39, 0.29) is 0 Å². The fraction of sp³-hybridized carbons (Fsp3) is 0.333. The Morgan fingerprint density at radius 1 is 1.42 bits per heavy atom. The Kier molecular flexibility index (Phi) is 1.57. The van der Waals surface area contributed by atoms with Crippen molar-refractivity contribution in [2.75, 3.05) is 0 Å². The third kappa shape index (κ3) is 0.978. The molecule has 3 heteroatoms. The second-order valence-electron chi connectivity index (χ2n) is 2.90. The lowest BCUT2D eigenvalue weighted by Gasteiger charge is -1.95. The third-order valence-electron chi connectivity index (χ3n) is 1.97. The molecule has 0 aliphatic heterocycles. The van der Waals surface area contributed by atoms with Gasteiger partial charge >= 0.3 is 0 Å². The molecule has 0 aliphatic carbocycles.